The number of halogens is 1. The van der Waals surface area contributed by atoms with Gasteiger partial charge in [0, 0.05) is 10.6 Å². The van der Waals surface area contributed by atoms with E-state index in [-0.39, 0.29) is 13.1 Å². The monoisotopic (exact) mass is 432 g/mol. The van der Waals surface area contributed by atoms with Crippen LogP contribution in [0.3, 0.4) is 0 Å². The number of nitrogens with zero attached hydrogens (tertiary/aromatic N) is 2. The second kappa shape index (κ2) is 8.75. The molecular formula is C21H21FN2O3S2. The highest BCUT2D eigenvalue weighted by Gasteiger charge is 2.26. The van der Waals surface area contributed by atoms with Crippen LogP contribution in [0.5, 0.6) is 0 Å². The highest BCUT2D eigenvalue weighted by molar-refractivity contribution is 7.92. The molecule has 1 heterocycles. The van der Waals surface area contributed by atoms with Crippen molar-refractivity contribution >= 4 is 38.6 Å². The molecule has 0 aliphatic heterocycles. The lowest BCUT2D eigenvalue weighted by Crippen LogP contribution is -2.42. The molecule has 0 atom stereocenters. The highest BCUT2D eigenvalue weighted by Crippen LogP contribution is 2.25. The number of hydrogen-bond donors (Lipinski definition) is 0. The number of benzene rings is 2. The van der Waals surface area contributed by atoms with Crippen LogP contribution in [0.2, 0.25) is 0 Å². The van der Waals surface area contributed by atoms with Gasteiger partial charge in [0.05, 0.1) is 18.5 Å². The Kier molecular flexibility index (Phi) is 6.34. The number of aryl methyl sites for hydroxylation is 1. The zero-order chi connectivity index (χ0) is 21.0. The summed E-state index contributed by atoms with van der Waals surface area (Å²) in [7, 11) is -3.69. The Morgan fingerprint density at radius 1 is 1.03 bits per heavy atom. The van der Waals surface area contributed by atoms with E-state index in [1.807, 2.05) is 23.6 Å². The fraction of sp³-hybridized carbons (Fsp3) is 0.190. The molecule has 152 valence electrons. The van der Waals surface area contributed by atoms with Gasteiger partial charge in [0.2, 0.25) is 15.9 Å². The number of carbonyl (C=O) groups excluding carboxylic acids is 1. The molecule has 0 unspecified atom stereocenters. The van der Waals surface area contributed by atoms with E-state index in [0.717, 1.165) is 21.0 Å². The van der Waals surface area contributed by atoms with E-state index in [9.17, 15) is 17.6 Å². The second-order valence-corrected chi connectivity index (χ2v) is 9.53. The van der Waals surface area contributed by atoms with E-state index < -0.39 is 21.7 Å². The van der Waals surface area contributed by atoms with E-state index in [1.165, 1.54) is 40.5 Å². The minimum Gasteiger partial charge on any atom is -0.306 e. The van der Waals surface area contributed by atoms with Crippen molar-refractivity contribution < 1.29 is 17.6 Å². The SMILES string of the molecule is Cc1ccccc1N(CC(=O)N(Cc1cccs1)c1ccc(F)cc1)S(C)(=O)=O. The molecule has 5 nitrogen and oxygen atoms in total. The third-order valence-electron chi connectivity index (χ3n) is 4.40. The van der Waals surface area contributed by atoms with Gasteiger partial charge in [-0.05, 0) is 54.3 Å². The summed E-state index contributed by atoms with van der Waals surface area (Å²) < 4.78 is 39.4. The minimum absolute atomic E-state index is 0.271. The Balaban J connectivity index is 1.95. The molecule has 0 spiro atoms. The fourth-order valence-corrected chi connectivity index (χ4v) is 4.54. The van der Waals surface area contributed by atoms with Crippen molar-refractivity contribution in [1.82, 2.24) is 0 Å². The Hall–Kier alpha value is -2.71. The third-order valence-corrected chi connectivity index (χ3v) is 6.38. The van der Waals surface area contributed by atoms with Crippen LogP contribution in [0.25, 0.3) is 0 Å². The first kappa shape index (κ1) is 21.0. The maximum Gasteiger partial charge on any atom is 0.248 e. The first-order valence-electron chi connectivity index (χ1n) is 8.87. The van der Waals surface area contributed by atoms with Crippen molar-refractivity contribution in [3.05, 3.63) is 82.3 Å². The Bertz CT molecular complexity index is 1080. The number of carbonyl (C=O) groups is 1. The summed E-state index contributed by atoms with van der Waals surface area (Å²) in [5.74, 6) is -0.811. The van der Waals surface area contributed by atoms with Gasteiger partial charge in [-0.15, -0.1) is 11.3 Å². The van der Waals surface area contributed by atoms with E-state index in [2.05, 4.69) is 0 Å². The van der Waals surface area contributed by atoms with Crippen LogP contribution in [0.15, 0.2) is 66.0 Å². The Morgan fingerprint density at radius 3 is 2.31 bits per heavy atom. The Labute approximate surface area is 174 Å². The number of anilines is 2. The average molecular weight is 433 g/mol. The second-order valence-electron chi connectivity index (χ2n) is 6.59. The molecule has 3 aromatic rings. The molecule has 8 heteroatoms. The molecule has 2 aromatic carbocycles. The van der Waals surface area contributed by atoms with Gasteiger partial charge in [0.1, 0.15) is 12.4 Å². The number of sulfonamides is 1. The maximum absolute atomic E-state index is 13.4. The summed E-state index contributed by atoms with van der Waals surface area (Å²) in [6, 6.07) is 16.4. The number of rotatable bonds is 7. The molecule has 0 N–H and O–H groups in total. The molecule has 0 radical (unpaired) electrons. The number of thiophene rings is 1. The van der Waals surface area contributed by atoms with Crippen molar-refractivity contribution in [3.8, 4) is 0 Å². The van der Waals surface area contributed by atoms with Crippen LogP contribution in [0.1, 0.15) is 10.4 Å². The molecular weight excluding hydrogens is 411 g/mol. The molecule has 0 aliphatic carbocycles. The van der Waals surface area contributed by atoms with Crippen LogP contribution in [-0.4, -0.2) is 27.1 Å². The standard InChI is InChI=1S/C21H21FN2O3S2/c1-16-6-3-4-8-20(16)24(29(2,26)27)15-21(25)23(14-19-7-5-13-28-19)18-11-9-17(22)10-12-18/h3-13H,14-15H2,1-2H3. The van der Waals surface area contributed by atoms with Crippen molar-refractivity contribution in [2.24, 2.45) is 0 Å². The predicted octanol–water partition coefficient (Wildman–Crippen LogP) is 4.20. The highest BCUT2D eigenvalue weighted by atomic mass is 32.2. The smallest absolute Gasteiger partial charge is 0.248 e. The van der Waals surface area contributed by atoms with Crippen LogP contribution in [0.4, 0.5) is 15.8 Å². The number of para-hydroxylation sites is 1. The summed E-state index contributed by atoms with van der Waals surface area (Å²) in [5, 5.41) is 1.90. The third kappa shape index (κ3) is 5.21. The maximum atomic E-state index is 13.4. The van der Waals surface area contributed by atoms with Crippen molar-refractivity contribution in [3.63, 3.8) is 0 Å². The van der Waals surface area contributed by atoms with Gasteiger partial charge in [0.25, 0.3) is 0 Å². The minimum atomic E-state index is -3.69. The molecule has 3 rings (SSSR count). The number of amides is 1. The summed E-state index contributed by atoms with van der Waals surface area (Å²) >= 11 is 1.49. The van der Waals surface area contributed by atoms with Crippen LogP contribution >= 0.6 is 11.3 Å². The van der Waals surface area contributed by atoms with Crippen LogP contribution in [-0.2, 0) is 21.4 Å². The lowest BCUT2D eigenvalue weighted by atomic mass is 10.2. The molecule has 0 saturated carbocycles. The van der Waals surface area contributed by atoms with Gasteiger partial charge in [-0.1, -0.05) is 24.3 Å². The van der Waals surface area contributed by atoms with Crippen LogP contribution in [0, 0.1) is 12.7 Å². The van der Waals surface area contributed by atoms with Gasteiger partial charge in [-0.3, -0.25) is 9.10 Å². The molecule has 0 saturated heterocycles. The first-order chi connectivity index (χ1) is 13.8. The summed E-state index contributed by atoms with van der Waals surface area (Å²) in [4.78, 5) is 15.6. The molecule has 0 bridgehead atoms. The zero-order valence-electron chi connectivity index (χ0n) is 16.1. The molecule has 29 heavy (non-hydrogen) atoms. The van der Waals surface area contributed by atoms with Crippen molar-refractivity contribution in [2.45, 2.75) is 13.5 Å². The molecule has 1 aromatic heterocycles. The van der Waals surface area contributed by atoms with Gasteiger partial charge < -0.3 is 4.90 Å². The van der Waals surface area contributed by atoms with Crippen molar-refractivity contribution in [2.75, 3.05) is 22.0 Å². The summed E-state index contributed by atoms with van der Waals surface area (Å²) in [6.07, 6.45) is 1.08. The lowest BCUT2D eigenvalue weighted by molar-refractivity contribution is -0.117. The normalized spacial score (nSPS) is 11.3. The molecule has 1 amide bonds. The number of hydrogen-bond acceptors (Lipinski definition) is 4. The first-order valence-corrected chi connectivity index (χ1v) is 11.6. The lowest BCUT2D eigenvalue weighted by Gasteiger charge is -2.28. The Morgan fingerprint density at radius 2 is 1.72 bits per heavy atom. The predicted molar refractivity (Wildman–Crippen MR) is 115 cm³/mol. The van der Waals surface area contributed by atoms with E-state index in [4.69, 9.17) is 0 Å². The topological polar surface area (TPSA) is 57.7 Å². The van der Waals surface area contributed by atoms with Gasteiger partial charge in [-0.25, -0.2) is 12.8 Å². The quantitative estimate of drug-likeness (QED) is 0.562. The molecule has 0 fully saturated rings. The fourth-order valence-electron chi connectivity index (χ4n) is 2.94. The van der Waals surface area contributed by atoms with Gasteiger partial charge in [-0.2, -0.15) is 0 Å². The van der Waals surface area contributed by atoms with E-state index >= 15 is 0 Å². The van der Waals surface area contributed by atoms with Gasteiger partial charge in [0.15, 0.2) is 0 Å². The average Bonchev–Trinajstić information content (AvgIpc) is 3.18. The van der Waals surface area contributed by atoms with Crippen molar-refractivity contribution in [1.29, 1.82) is 0 Å². The largest absolute Gasteiger partial charge is 0.306 e. The van der Waals surface area contributed by atoms with Crippen LogP contribution < -0.4 is 9.21 Å². The summed E-state index contributed by atoms with van der Waals surface area (Å²) in [5.41, 5.74) is 1.71. The molecule has 0 aliphatic rings. The summed E-state index contributed by atoms with van der Waals surface area (Å²) in [6.45, 7) is 1.71. The zero-order valence-corrected chi connectivity index (χ0v) is 17.7. The van der Waals surface area contributed by atoms with E-state index in [0.29, 0.717) is 11.4 Å². The van der Waals surface area contributed by atoms with Gasteiger partial charge >= 0.3 is 0 Å². The van der Waals surface area contributed by atoms with E-state index in [1.54, 1.807) is 25.1 Å².